The lowest BCUT2D eigenvalue weighted by Gasteiger charge is -2.19. The molecular formula is C36H28Cl2N6O. The highest BCUT2D eigenvalue weighted by Crippen LogP contribution is 2.42. The van der Waals surface area contributed by atoms with Crippen LogP contribution in [0.4, 0.5) is 5.82 Å². The van der Waals surface area contributed by atoms with Crippen LogP contribution in [0, 0.1) is 6.92 Å². The van der Waals surface area contributed by atoms with Gasteiger partial charge >= 0.3 is 0 Å². The van der Waals surface area contributed by atoms with Crippen molar-refractivity contribution in [3.63, 3.8) is 0 Å². The lowest BCUT2D eigenvalue weighted by molar-refractivity contribution is 0.102. The van der Waals surface area contributed by atoms with E-state index in [1.807, 2.05) is 116 Å². The maximum Gasteiger partial charge on any atom is 0.274 e. The van der Waals surface area contributed by atoms with Crippen molar-refractivity contribution in [2.75, 3.05) is 5.32 Å². The molecule has 222 valence electrons. The summed E-state index contributed by atoms with van der Waals surface area (Å²) in [6.07, 6.45) is 1.83. The predicted molar refractivity (Wildman–Crippen MR) is 182 cm³/mol. The van der Waals surface area contributed by atoms with E-state index in [2.05, 4.69) is 32.0 Å². The van der Waals surface area contributed by atoms with Crippen LogP contribution in [0.3, 0.4) is 0 Å². The lowest BCUT2D eigenvalue weighted by Crippen LogP contribution is -2.16. The molecule has 1 atom stereocenters. The molecule has 7 nitrogen and oxygen atoms in total. The highest BCUT2D eigenvalue weighted by atomic mass is 35.5. The van der Waals surface area contributed by atoms with E-state index < -0.39 is 0 Å². The van der Waals surface area contributed by atoms with Crippen LogP contribution in [0.25, 0.3) is 44.5 Å². The molecule has 3 heterocycles. The van der Waals surface area contributed by atoms with Crippen LogP contribution in [0.5, 0.6) is 0 Å². The molecule has 0 aliphatic rings. The van der Waals surface area contributed by atoms with E-state index in [1.165, 1.54) is 0 Å². The second kappa shape index (κ2) is 11.8. The van der Waals surface area contributed by atoms with Gasteiger partial charge < -0.3 is 14.9 Å². The van der Waals surface area contributed by atoms with Crippen LogP contribution >= 0.6 is 23.2 Å². The fourth-order valence-electron chi connectivity index (χ4n) is 5.85. The number of benzene rings is 4. The van der Waals surface area contributed by atoms with Crippen LogP contribution in [0.1, 0.15) is 34.7 Å². The number of hydrogen-bond donors (Lipinski definition) is 3. The van der Waals surface area contributed by atoms with Gasteiger partial charge in [-0.2, -0.15) is 5.10 Å². The molecule has 3 N–H and O–H groups in total. The first kappa shape index (κ1) is 28.6. The first-order valence-corrected chi connectivity index (χ1v) is 15.3. The second-order valence-electron chi connectivity index (χ2n) is 10.9. The van der Waals surface area contributed by atoms with Gasteiger partial charge in [0.15, 0.2) is 5.82 Å². The largest absolute Gasteiger partial charge is 0.350 e. The van der Waals surface area contributed by atoms with Gasteiger partial charge in [-0.1, -0.05) is 102 Å². The molecule has 0 saturated carbocycles. The molecule has 0 radical (unpaired) electrons. The summed E-state index contributed by atoms with van der Waals surface area (Å²) in [7, 11) is 0. The molecule has 0 spiro atoms. The van der Waals surface area contributed by atoms with E-state index in [0.717, 1.165) is 50.2 Å². The zero-order valence-electron chi connectivity index (χ0n) is 24.5. The molecule has 0 aliphatic heterocycles. The number of imidazole rings is 1. The summed E-state index contributed by atoms with van der Waals surface area (Å²) in [6.45, 7) is 4.04. The molecule has 3 aromatic heterocycles. The number of nitrogens with one attached hydrogen (secondary N) is 3. The number of halogens is 2. The first-order valence-electron chi connectivity index (χ1n) is 14.5. The van der Waals surface area contributed by atoms with E-state index in [9.17, 15) is 4.79 Å². The van der Waals surface area contributed by atoms with E-state index in [-0.39, 0.29) is 11.9 Å². The Morgan fingerprint density at radius 2 is 1.51 bits per heavy atom. The number of carbonyl (C=O) groups excluding carboxylic acids is 1. The topological polar surface area (TPSA) is 91.4 Å². The van der Waals surface area contributed by atoms with Gasteiger partial charge in [0.1, 0.15) is 5.69 Å². The van der Waals surface area contributed by atoms with Crippen molar-refractivity contribution in [3.8, 4) is 33.6 Å². The Hall–Kier alpha value is -5.11. The summed E-state index contributed by atoms with van der Waals surface area (Å²) in [5.41, 5.74) is 7.96. The summed E-state index contributed by atoms with van der Waals surface area (Å²) in [5, 5.41) is 12.6. The van der Waals surface area contributed by atoms with Gasteiger partial charge in [0, 0.05) is 43.3 Å². The van der Waals surface area contributed by atoms with Gasteiger partial charge in [-0.05, 0) is 49.2 Å². The van der Waals surface area contributed by atoms with Gasteiger partial charge in [0.2, 0.25) is 0 Å². The third kappa shape index (κ3) is 5.30. The van der Waals surface area contributed by atoms with Crippen molar-refractivity contribution in [2.24, 2.45) is 0 Å². The lowest BCUT2D eigenvalue weighted by atomic mass is 9.99. The predicted octanol–water partition coefficient (Wildman–Crippen LogP) is 9.57. The van der Waals surface area contributed by atoms with Crippen LogP contribution in [0.15, 0.2) is 109 Å². The molecule has 45 heavy (non-hydrogen) atoms. The molecule has 0 fully saturated rings. The molecule has 1 amide bonds. The van der Waals surface area contributed by atoms with Crippen LogP contribution in [-0.2, 0) is 0 Å². The number of fused-ring (bicyclic) bond motifs is 1. The van der Waals surface area contributed by atoms with Crippen molar-refractivity contribution in [3.05, 3.63) is 136 Å². The van der Waals surface area contributed by atoms with Gasteiger partial charge in [0.25, 0.3) is 5.91 Å². The normalized spacial score (nSPS) is 12.0. The number of carbonyl (C=O) groups is 1. The average molecular weight is 632 g/mol. The van der Waals surface area contributed by atoms with Crippen molar-refractivity contribution in [2.45, 2.75) is 19.9 Å². The molecule has 7 rings (SSSR count). The number of hydrogen-bond acceptors (Lipinski definition) is 3. The number of anilines is 1. The smallest absolute Gasteiger partial charge is 0.274 e. The summed E-state index contributed by atoms with van der Waals surface area (Å²) >= 11 is 12.7. The number of H-pyrrole nitrogens is 2. The van der Waals surface area contributed by atoms with Gasteiger partial charge in [-0.15, -0.1) is 0 Å². The summed E-state index contributed by atoms with van der Waals surface area (Å²) in [4.78, 5) is 22.6. The zero-order chi connectivity index (χ0) is 31.1. The fourth-order valence-corrected chi connectivity index (χ4v) is 6.14. The van der Waals surface area contributed by atoms with Gasteiger partial charge in [0.05, 0.1) is 23.8 Å². The number of nitrogens with zero attached hydrogens (tertiary/aromatic N) is 3. The maximum atomic E-state index is 14.3. The second-order valence-corrected chi connectivity index (χ2v) is 11.8. The minimum atomic E-state index is -0.341. The highest BCUT2D eigenvalue weighted by molar-refractivity contribution is 6.31. The number of aromatic nitrogens is 5. The Labute approximate surface area is 269 Å². The molecule has 0 bridgehead atoms. The number of aryl methyl sites for hydroxylation is 1. The summed E-state index contributed by atoms with van der Waals surface area (Å²) in [5.74, 6) is 0.101. The van der Waals surface area contributed by atoms with Gasteiger partial charge in [-0.3, -0.25) is 9.89 Å². The monoisotopic (exact) mass is 630 g/mol. The SMILES string of the molecule is Cc1[nH]nc(NC(=O)c2[nH]c3cc(Cl)ccc3c2-c2c(-c3ccccc3)ncn2C(C)c2ccc(Cl)cc2)c1-c1ccccc1. The number of aromatic amines is 2. The van der Waals surface area contributed by atoms with E-state index in [0.29, 0.717) is 27.1 Å². The Balaban J connectivity index is 1.43. The molecule has 7 aromatic rings. The number of amides is 1. The van der Waals surface area contributed by atoms with Crippen LogP contribution in [0.2, 0.25) is 10.0 Å². The molecular weight excluding hydrogens is 603 g/mol. The molecule has 0 aliphatic carbocycles. The molecule has 0 saturated heterocycles. The molecule has 4 aromatic carbocycles. The number of rotatable bonds is 7. The van der Waals surface area contributed by atoms with Crippen molar-refractivity contribution in [1.82, 2.24) is 24.7 Å². The third-order valence-corrected chi connectivity index (χ3v) is 8.56. The standard InChI is InChI=1S/C36H28Cl2N6O/c1-21-30(24-9-5-3-6-10-24)35(43-42-21)41-36(45)33-31(28-18-17-27(38)19-29(28)40-33)34-32(25-11-7-4-8-12-25)39-20-44(34)22(2)23-13-15-26(37)16-14-23/h3-20,22,40H,1-2H3,(H2,41,42,43,45). The summed E-state index contributed by atoms with van der Waals surface area (Å²) < 4.78 is 2.10. The minimum absolute atomic E-state index is 0.130. The van der Waals surface area contributed by atoms with Crippen LogP contribution < -0.4 is 5.32 Å². The Morgan fingerprint density at radius 1 is 0.844 bits per heavy atom. The van der Waals surface area contributed by atoms with Crippen molar-refractivity contribution in [1.29, 1.82) is 0 Å². The third-order valence-electron chi connectivity index (χ3n) is 8.08. The quantitative estimate of drug-likeness (QED) is 0.164. The molecule has 1 unspecified atom stereocenters. The van der Waals surface area contributed by atoms with E-state index in [4.69, 9.17) is 28.2 Å². The highest BCUT2D eigenvalue weighted by Gasteiger charge is 2.28. The van der Waals surface area contributed by atoms with Crippen molar-refractivity contribution >= 4 is 45.8 Å². The first-order chi connectivity index (χ1) is 21.9. The van der Waals surface area contributed by atoms with E-state index in [1.54, 1.807) is 0 Å². The minimum Gasteiger partial charge on any atom is -0.350 e. The Morgan fingerprint density at radius 3 is 2.22 bits per heavy atom. The zero-order valence-corrected chi connectivity index (χ0v) is 26.0. The average Bonchev–Trinajstić information content (AvgIpc) is 3.76. The fraction of sp³-hybridized carbons (Fsp3) is 0.0833. The Kier molecular flexibility index (Phi) is 7.49. The molecule has 9 heteroatoms. The Bertz CT molecular complexity index is 2150. The maximum absolute atomic E-state index is 14.3. The van der Waals surface area contributed by atoms with E-state index >= 15 is 0 Å². The van der Waals surface area contributed by atoms with Crippen LogP contribution in [-0.4, -0.2) is 30.6 Å². The van der Waals surface area contributed by atoms with Gasteiger partial charge in [-0.25, -0.2) is 4.98 Å². The summed E-state index contributed by atoms with van der Waals surface area (Å²) in [6, 6.07) is 33.1. The van der Waals surface area contributed by atoms with Crippen molar-refractivity contribution < 1.29 is 4.79 Å².